The van der Waals surface area contributed by atoms with Gasteiger partial charge in [0.15, 0.2) is 0 Å². The average molecular weight is 224 g/mol. The third-order valence-electron chi connectivity index (χ3n) is 3.63. The molecule has 0 aliphatic heterocycles. The molecule has 2 atom stereocenters. The van der Waals surface area contributed by atoms with E-state index in [9.17, 15) is 5.11 Å². The lowest BCUT2D eigenvalue weighted by Crippen LogP contribution is -1.98. The van der Waals surface area contributed by atoms with Crippen molar-refractivity contribution in [1.82, 2.24) is 0 Å². The van der Waals surface area contributed by atoms with Gasteiger partial charge in [0.05, 0.1) is 6.10 Å². The van der Waals surface area contributed by atoms with Gasteiger partial charge in [0, 0.05) is 0 Å². The van der Waals surface area contributed by atoms with Gasteiger partial charge in [-0.05, 0) is 35.4 Å². The SMILES string of the molecule is O[C@H]1C[C@H](Cc2ccccc2)c2ccccc21. The summed E-state index contributed by atoms with van der Waals surface area (Å²) in [7, 11) is 0. The van der Waals surface area contributed by atoms with Crippen molar-refractivity contribution in [3.8, 4) is 0 Å². The van der Waals surface area contributed by atoms with Crippen LogP contribution in [0.25, 0.3) is 0 Å². The summed E-state index contributed by atoms with van der Waals surface area (Å²) in [6.45, 7) is 0. The van der Waals surface area contributed by atoms with Gasteiger partial charge in [0.25, 0.3) is 0 Å². The number of rotatable bonds is 2. The van der Waals surface area contributed by atoms with Gasteiger partial charge in [0.1, 0.15) is 0 Å². The molecule has 0 unspecified atom stereocenters. The van der Waals surface area contributed by atoms with Crippen molar-refractivity contribution in [2.24, 2.45) is 0 Å². The lowest BCUT2D eigenvalue weighted by Gasteiger charge is -2.11. The fourth-order valence-electron chi connectivity index (χ4n) is 2.80. The third-order valence-corrected chi connectivity index (χ3v) is 3.63. The maximum atomic E-state index is 10.0. The van der Waals surface area contributed by atoms with Crippen molar-refractivity contribution in [1.29, 1.82) is 0 Å². The molecule has 0 fully saturated rings. The molecule has 1 aliphatic carbocycles. The molecule has 0 bridgehead atoms. The quantitative estimate of drug-likeness (QED) is 0.828. The minimum Gasteiger partial charge on any atom is -0.388 e. The van der Waals surface area contributed by atoms with E-state index in [4.69, 9.17) is 0 Å². The number of hydrogen-bond donors (Lipinski definition) is 1. The second kappa shape index (κ2) is 4.34. The molecule has 1 nitrogen and oxygen atoms in total. The van der Waals surface area contributed by atoms with Crippen LogP contribution in [0.15, 0.2) is 54.6 Å². The van der Waals surface area contributed by atoms with Gasteiger partial charge in [-0.15, -0.1) is 0 Å². The van der Waals surface area contributed by atoms with Crippen LogP contribution in [0.2, 0.25) is 0 Å². The molecule has 0 spiro atoms. The topological polar surface area (TPSA) is 20.2 Å². The van der Waals surface area contributed by atoms with E-state index < -0.39 is 0 Å². The smallest absolute Gasteiger partial charge is 0.0798 e. The molecule has 0 radical (unpaired) electrons. The molecule has 2 aromatic rings. The highest BCUT2D eigenvalue weighted by Crippen LogP contribution is 2.41. The average Bonchev–Trinajstić information content (AvgIpc) is 2.69. The van der Waals surface area contributed by atoms with E-state index in [1.54, 1.807) is 0 Å². The van der Waals surface area contributed by atoms with Crippen LogP contribution in [0.3, 0.4) is 0 Å². The minimum absolute atomic E-state index is 0.278. The van der Waals surface area contributed by atoms with E-state index in [0.29, 0.717) is 5.92 Å². The van der Waals surface area contributed by atoms with Crippen molar-refractivity contribution in [3.63, 3.8) is 0 Å². The minimum atomic E-state index is -0.278. The molecular formula is C16H16O. The van der Waals surface area contributed by atoms with E-state index in [-0.39, 0.29) is 6.10 Å². The van der Waals surface area contributed by atoms with Crippen LogP contribution < -0.4 is 0 Å². The van der Waals surface area contributed by atoms with Crippen molar-refractivity contribution in [2.45, 2.75) is 24.9 Å². The number of benzene rings is 2. The van der Waals surface area contributed by atoms with Crippen molar-refractivity contribution < 1.29 is 5.11 Å². The lowest BCUT2D eigenvalue weighted by atomic mass is 9.94. The van der Waals surface area contributed by atoms with E-state index >= 15 is 0 Å². The zero-order valence-corrected chi connectivity index (χ0v) is 9.71. The van der Waals surface area contributed by atoms with Gasteiger partial charge in [-0.2, -0.15) is 0 Å². The highest BCUT2D eigenvalue weighted by molar-refractivity contribution is 5.38. The molecule has 17 heavy (non-hydrogen) atoms. The summed E-state index contributed by atoms with van der Waals surface area (Å²) in [5.41, 5.74) is 3.79. The zero-order chi connectivity index (χ0) is 11.7. The lowest BCUT2D eigenvalue weighted by molar-refractivity contribution is 0.173. The Balaban J connectivity index is 1.87. The Morgan fingerprint density at radius 1 is 0.882 bits per heavy atom. The highest BCUT2D eigenvalue weighted by Gasteiger charge is 2.28. The molecule has 0 saturated heterocycles. The maximum Gasteiger partial charge on any atom is 0.0798 e. The second-order valence-electron chi connectivity index (χ2n) is 4.77. The Labute approximate surface area is 102 Å². The van der Waals surface area contributed by atoms with Gasteiger partial charge in [-0.25, -0.2) is 0 Å². The van der Waals surface area contributed by atoms with Crippen LogP contribution >= 0.6 is 0 Å². The van der Waals surface area contributed by atoms with Crippen LogP contribution in [-0.4, -0.2) is 5.11 Å². The summed E-state index contributed by atoms with van der Waals surface area (Å²) >= 11 is 0. The summed E-state index contributed by atoms with van der Waals surface area (Å²) in [5.74, 6) is 0.462. The molecule has 86 valence electrons. The van der Waals surface area contributed by atoms with Crippen LogP contribution in [0.1, 0.15) is 35.1 Å². The van der Waals surface area contributed by atoms with Gasteiger partial charge in [-0.1, -0.05) is 54.6 Å². The summed E-state index contributed by atoms with van der Waals surface area (Å²) in [4.78, 5) is 0. The Hall–Kier alpha value is -1.60. The molecule has 0 heterocycles. The Morgan fingerprint density at radius 2 is 1.53 bits per heavy atom. The van der Waals surface area contributed by atoms with Crippen LogP contribution in [-0.2, 0) is 6.42 Å². The fraction of sp³-hybridized carbons (Fsp3) is 0.250. The van der Waals surface area contributed by atoms with Crippen molar-refractivity contribution in [2.75, 3.05) is 0 Å². The number of aliphatic hydroxyl groups is 1. The van der Waals surface area contributed by atoms with Gasteiger partial charge >= 0.3 is 0 Å². The first-order valence-electron chi connectivity index (χ1n) is 6.15. The molecule has 1 N–H and O–H groups in total. The van der Waals surface area contributed by atoms with Crippen LogP contribution in [0, 0.1) is 0 Å². The Kier molecular flexibility index (Phi) is 2.69. The van der Waals surface area contributed by atoms with Crippen LogP contribution in [0.4, 0.5) is 0 Å². The summed E-state index contributed by atoms with van der Waals surface area (Å²) in [6, 6.07) is 18.8. The number of fused-ring (bicyclic) bond motifs is 1. The summed E-state index contributed by atoms with van der Waals surface area (Å²) in [6.07, 6.45) is 1.60. The second-order valence-corrected chi connectivity index (χ2v) is 4.77. The number of hydrogen-bond acceptors (Lipinski definition) is 1. The molecule has 1 aliphatic rings. The molecule has 0 saturated carbocycles. The van der Waals surface area contributed by atoms with E-state index in [2.05, 4.69) is 36.4 Å². The van der Waals surface area contributed by atoms with E-state index in [1.807, 2.05) is 18.2 Å². The molecule has 0 aromatic heterocycles. The molecule has 0 amide bonds. The first-order valence-corrected chi connectivity index (χ1v) is 6.15. The van der Waals surface area contributed by atoms with Crippen molar-refractivity contribution >= 4 is 0 Å². The van der Waals surface area contributed by atoms with Gasteiger partial charge in [-0.3, -0.25) is 0 Å². The normalized spacial score (nSPS) is 22.4. The zero-order valence-electron chi connectivity index (χ0n) is 9.71. The summed E-state index contributed by atoms with van der Waals surface area (Å²) in [5, 5.41) is 10.0. The maximum absolute atomic E-state index is 10.0. The molecule has 3 rings (SSSR count). The third kappa shape index (κ3) is 1.98. The Bertz CT molecular complexity index is 504. The first kappa shape index (κ1) is 10.5. The molecular weight excluding hydrogens is 208 g/mol. The van der Waals surface area contributed by atoms with E-state index in [1.165, 1.54) is 11.1 Å². The largest absolute Gasteiger partial charge is 0.388 e. The summed E-state index contributed by atoms with van der Waals surface area (Å²) < 4.78 is 0. The first-order chi connectivity index (χ1) is 8.34. The predicted octanol–water partition coefficient (Wildman–Crippen LogP) is 3.45. The standard InChI is InChI=1S/C16H16O/c17-16-11-13(10-12-6-2-1-3-7-12)14-8-4-5-9-15(14)16/h1-9,13,16-17H,10-11H2/t13-,16-/m0/s1. The van der Waals surface area contributed by atoms with E-state index in [0.717, 1.165) is 18.4 Å². The highest BCUT2D eigenvalue weighted by atomic mass is 16.3. The fourth-order valence-corrected chi connectivity index (χ4v) is 2.80. The monoisotopic (exact) mass is 224 g/mol. The van der Waals surface area contributed by atoms with Crippen LogP contribution in [0.5, 0.6) is 0 Å². The van der Waals surface area contributed by atoms with Gasteiger partial charge < -0.3 is 5.11 Å². The Morgan fingerprint density at radius 3 is 2.29 bits per heavy atom. The van der Waals surface area contributed by atoms with Gasteiger partial charge in [0.2, 0.25) is 0 Å². The predicted molar refractivity (Wildman–Crippen MR) is 68.9 cm³/mol. The molecule has 1 heteroatoms. The number of aliphatic hydroxyl groups excluding tert-OH is 1. The molecule has 2 aromatic carbocycles. The van der Waals surface area contributed by atoms with Crippen molar-refractivity contribution in [3.05, 3.63) is 71.3 Å².